The third-order valence-corrected chi connectivity index (χ3v) is 4.64. The normalized spacial score (nSPS) is 11.3. The predicted molar refractivity (Wildman–Crippen MR) is 124 cm³/mol. The van der Waals surface area contributed by atoms with Crippen LogP contribution in [0, 0.1) is 0 Å². The SMILES string of the molecule is CC(=O)c1ccc(N=Nc2ccc(N=Nc3ccc(N(CCO)CCO)cc3)cc2)cc1. The third kappa shape index (κ3) is 6.63. The summed E-state index contributed by atoms with van der Waals surface area (Å²) in [5.74, 6) is 0.0135. The molecular weight excluding hydrogens is 406 g/mol. The van der Waals surface area contributed by atoms with Crippen molar-refractivity contribution in [3.8, 4) is 0 Å². The smallest absolute Gasteiger partial charge is 0.159 e. The summed E-state index contributed by atoms with van der Waals surface area (Å²) in [6.07, 6.45) is 0. The molecule has 0 saturated heterocycles. The molecule has 0 aliphatic heterocycles. The second kappa shape index (κ2) is 11.6. The van der Waals surface area contributed by atoms with E-state index in [-0.39, 0.29) is 19.0 Å². The van der Waals surface area contributed by atoms with Gasteiger partial charge in [-0.25, -0.2) is 0 Å². The minimum Gasteiger partial charge on any atom is -0.395 e. The van der Waals surface area contributed by atoms with E-state index in [1.54, 1.807) is 48.5 Å². The van der Waals surface area contributed by atoms with Crippen LogP contribution in [-0.2, 0) is 0 Å². The summed E-state index contributed by atoms with van der Waals surface area (Å²) < 4.78 is 0. The van der Waals surface area contributed by atoms with Gasteiger partial charge in [0.15, 0.2) is 5.78 Å². The fourth-order valence-electron chi connectivity index (χ4n) is 2.92. The van der Waals surface area contributed by atoms with Crippen molar-refractivity contribution < 1.29 is 15.0 Å². The number of nitrogens with zero attached hydrogens (tertiary/aromatic N) is 5. The summed E-state index contributed by atoms with van der Waals surface area (Å²) in [6, 6.07) is 21.6. The van der Waals surface area contributed by atoms with Gasteiger partial charge in [0.25, 0.3) is 0 Å². The fourth-order valence-corrected chi connectivity index (χ4v) is 2.92. The van der Waals surface area contributed by atoms with Crippen molar-refractivity contribution in [1.29, 1.82) is 0 Å². The van der Waals surface area contributed by atoms with E-state index in [1.165, 1.54) is 6.92 Å². The molecule has 0 radical (unpaired) electrons. The van der Waals surface area contributed by atoms with Crippen molar-refractivity contribution in [1.82, 2.24) is 0 Å². The van der Waals surface area contributed by atoms with Crippen molar-refractivity contribution in [2.24, 2.45) is 20.5 Å². The zero-order valence-corrected chi connectivity index (χ0v) is 17.8. The molecule has 0 aromatic heterocycles. The number of azo groups is 2. The Labute approximate surface area is 186 Å². The van der Waals surface area contributed by atoms with Gasteiger partial charge in [-0.15, -0.1) is 0 Å². The summed E-state index contributed by atoms with van der Waals surface area (Å²) in [5, 5.41) is 35.1. The van der Waals surface area contributed by atoms with Gasteiger partial charge in [0.2, 0.25) is 0 Å². The average molecular weight is 431 g/mol. The number of hydrogen-bond donors (Lipinski definition) is 2. The molecule has 0 fully saturated rings. The number of rotatable bonds is 10. The van der Waals surface area contributed by atoms with E-state index in [2.05, 4.69) is 20.5 Å². The van der Waals surface area contributed by atoms with E-state index in [0.717, 1.165) is 5.69 Å². The van der Waals surface area contributed by atoms with Crippen molar-refractivity contribution in [3.63, 3.8) is 0 Å². The van der Waals surface area contributed by atoms with Gasteiger partial charge in [-0.3, -0.25) is 4.79 Å². The number of ketones is 1. The standard InChI is InChI=1S/C24H25N5O3/c1-18(32)19-2-4-20(5-3-19)25-26-21-6-8-22(9-7-21)27-28-23-10-12-24(13-11-23)29(14-16-30)15-17-31/h2-13,30-31H,14-17H2,1H3. The monoisotopic (exact) mass is 431 g/mol. The van der Waals surface area contributed by atoms with Gasteiger partial charge in [0.05, 0.1) is 36.0 Å². The highest BCUT2D eigenvalue weighted by atomic mass is 16.3. The van der Waals surface area contributed by atoms with Crippen LogP contribution in [0.15, 0.2) is 93.3 Å². The Balaban J connectivity index is 1.60. The second-order valence-electron chi connectivity index (χ2n) is 6.97. The fraction of sp³-hybridized carbons (Fsp3) is 0.208. The van der Waals surface area contributed by atoms with Gasteiger partial charge >= 0.3 is 0 Å². The lowest BCUT2D eigenvalue weighted by molar-refractivity contribution is 0.101. The van der Waals surface area contributed by atoms with Gasteiger partial charge in [0.1, 0.15) is 0 Å². The summed E-state index contributed by atoms with van der Waals surface area (Å²) >= 11 is 0. The highest BCUT2D eigenvalue weighted by molar-refractivity contribution is 5.94. The first-order valence-corrected chi connectivity index (χ1v) is 10.2. The molecule has 3 aromatic rings. The van der Waals surface area contributed by atoms with Crippen molar-refractivity contribution >= 4 is 34.2 Å². The minimum atomic E-state index is 0.0135. The first-order valence-electron chi connectivity index (χ1n) is 10.2. The molecule has 164 valence electrons. The lowest BCUT2D eigenvalue weighted by atomic mass is 10.1. The number of anilines is 1. The Kier molecular flexibility index (Phi) is 8.30. The zero-order valence-electron chi connectivity index (χ0n) is 17.8. The summed E-state index contributed by atoms with van der Waals surface area (Å²) in [4.78, 5) is 13.2. The summed E-state index contributed by atoms with van der Waals surface area (Å²) in [6.45, 7) is 2.46. The Hall–Kier alpha value is -3.75. The van der Waals surface area contributed by atoms with Gasteiger partial charge in [-0.1, -0.05) is 0 Å². The van der Waals surface area contributed by atoms with Gasteiger partial charge in [-0.2, -0.15) is 20.5 Å². The molecule has 0 amide bonds. The van der Waals surface area contributed by atoms with E-state index < -0.39 is 0 Å². The summed E-state index contributed by atoms with van der Waals surface area (Å²) in [5.41, 5.74) is 4.26. The maximum atomic E-state index is 11.3. The maximum Gasteiger partial charge on any atom is 0.159 e. The van der Waals surface area contributed by atoms with Crippen LogP contribution in [0.2, 0.25) is 0 Å². The molecule has 8 nitrogen and oxygen atoms in total. The summed E-state index contributed by atoms with van der Waals surface area (Å²) in [7, 11) is 0. The third-order valence-electron chi connectivity index (χ3n) is 4.64. The van der Waals surface area contributed by atoms with Crippen molar-refractivity contribution in [2.75, 3.05) is 31.2 Å². The molecule has 0 atom stereocenters. The first-order chi connectivity index (χ1) is 15.6. The lowest BCUT2D eigenvalue weighted by Crippen LogP contribution is -2.29. The molecule has 0 saturated carbocycles. The van der Waals surface area contributed by atoms with E-state index in [0.29, 0.717) is 41.4 Å². The lowest BCUT2D eigenvalue weighted by Gasteiger charge is -2.22. The van der Waals surface area contributed by atoms with Gasteiger partial charge in [-0.05, 0) is 79.7 Å². The number of Topliss-reactive ketones (excluding diaryl/α,β-unsaturated/α-hetero) is 1. The van der Waals surface area contributed by atoms with E-state index in [9.17, 15) is 4.79 Å². The van der Waals surface area contributed by atoms with Crippen LogP contribution >= 0.6 is 0 Å². The molecule has 8 heteroatoms. The number of carbonyl (C=O) groups is 1. The quantitative estimate of drug-likeness (QED) is 0.326. The highest BCUT2D eigenvalue weighted by Gasteiger charge is 2.05. The molecule has 0 bridgehead atoms. The van der Waals surface area contributed by atoms with E-state index in [1.807, 2.05) is 29.2 Å². The van der Waals surface area contributed by atoms with Crippen molar-refractivity contribution in [3.05, 3.63) is 78.4 Å². The van der Waals surface area contributed by atoms with Crippen LogP contribution in [0.1, 0.15) is 17.3 Å². The average Bonchev–Trinajstić information content (AvgIpc) is 2.82. The van der Waals surface area contributed by atoms with Gasteiger partial charge < -0.3 is 15.1 Å². The maximum absolute atomic E-state index is 11.3. The molecule has 3 rings (SSSR count). The Bertz CT molecular complexity index is 1060. The van der Waals surface area contributed by atoms with Crippen LogP contribution in [0.25, 0.3) is 0 Å². The van der Waals surface area contributed by atoms with Crippen LogP contribution < -0.4 is 4.90 Å². The zero-order chi connectivity index (χ0) is 22.8. The van der Waals surface area contributed by atoms with Crippen LogP contribution in [-0.4, -0.2) is 42.3 Å². The molecule has 3 aromatic carbocycles. The van der Waals surface area contributed by atoms with Crippen LogP contribution in [0.5, 0.6) is 0 Å². The largest absolute Gasteiger partial charge is 0.395 e. The van der Waals surface area contributed by atoms with Crippen molar-refractivity contribution in [2.45, 2.75) is 6.92 Å². The molecular formula is C24H25N5O3. The molecule has 0 spiro atoms. The molecule has 32 heavy (non-hydrogen) atoms. The predicted octanol–water partition coefficient (Wildman–Crippen LogP) is 5.51. The number of carbonyl (C=O) groups excluding carboxylic acids is 1. The van der Waals surface area contributed by atoms with E-state index >= 15 is 0 Å². The molecule has 0 aliphatic rings. The number of hydrogen-bond acceptors (Lipinski definition) is 8. The Morgan fingerprint density at radius 2 is 1.00 bits per heavy atom. The Morgan fingerprint density at radius 1 is 0.656 bits per heavy atom. The second-order valence-corrected chi connectivity index (χ2v) is 6.97. The van der Waals surface area contributed by atoms with E-state index in [4.69, 9.17) is 10.2 Å². The number of benzene rings is 3. The van der Waals surface area contributed by atoms with Crippen LogP contribution in [0.4, 0.5) is 28.4 Å². The van der Waals surface area contributed by atoms with Gasteiger partial charge in [0, 0.05) is 24.3 Å². The van der Waals surface area contributed by atoms with Crippen LogP contribution in [0.3, 0.4) is 0 Å². The Morgan fingerprint density at radius 3 is 1.34 bits per heavy atom. The number of aliphatic hydroxyl groups excluding tert-OH is 2. The highest BCUT2D eigenvalue weighted by Crippen LogP contribution is 2.25. The first kappa shape index (κ1) is 22.9. The number of aliphatic hydroxyl groups is 2. The molecule has 0 unspecified atom stereocenters. The molecule has 0 aliphatic carbocycles. The topological polar surface area (TPSA) is 110 Å². The molecule has 0 heterocycles. The molecule has 2 N–H and O–H groups in total. The minimum absolute atomic E-state index is 0.0135.